The largest absolute Gasteiger partial charge is 0.380 e. The van der Waals surface area contributed by atoms with E-state index < -0.39 is 11.1 Å². The fourth-order valence-corrected chi connectivity index (χ4v) is 1.65. The molecular weight excluding hydrogens is 206 g/mol. The lowest BCUT2D eigenvalue weighted by Crippen LogP contribution is -2.57. The van der Waals surface area contributed by atoms with Gasteiger partial charge in [-0.15, -0.1) is 0 Å². The lowest BCUT2D eigenvalue weighted by Gasteiger charge is -2.43. The van der Waals surface area contributed by atoms with Crippen LogP contribution in [0, 0.1) is 0 Å². The zero-order chi connectivity index (χ0) is 12.8. The van der Waals surface area contributed by atoms with Gasteiger partial charge in [-0.3, -0.25) is 0 Å². The van der Waals surface area contributed by atoms with Crippen LogP contribution in [-0.2, 0) is 9.47 Å². The average molecular weight is 233 g/mol. The summed E-state index contributed by atoms with van der Waals surface area (Å²) in [6.07, 6.45) is 0. The molecule has 0 heterocycles. The van der Waals surface area contributed by atoms with E-state index in [-0.39, 0.29) is 0 Å². The van der Waals surface area contributed by atoms with Gasteiger partial charge in [0.05, 0.1) is 24.3 Å². The summed E-state index contributed by atoms with van der Waals surface area (Å²) >= 11 is 0. The number of hydrogen-bond donors (Lipinski definition) is 1. The second-order valence-corrected chi connectivity index (χ2v) is 5.21. The molecule has 1 N–H and O–H groups in total. The Morgan fingerprint density at radius 3 is 1.44 bits per heavy atom. The normalized spacial score (nSPS) is 13.5. The maximum atomic E-state index is 10.2. The van der Waals surface area contributed by atoms with Crippen molar-refractivity contribution in [3.05, 3.63) is 0 Å². The fraction of sp³-hybridized carbons (Fsp3) is 1.00. The fourth-order valence-electron chi connectivity index (χ4n) is 1.65. The Morgan fingerprint density at radius 1 is 0.875 bits per heavy atom. The second-order valence-electron chi connectivity index (χ2n) is 5.21. The molecule has 16 heavy (non-hydrogen) atoms. The molecule has 0 aliphatic rings. The molecule has 0 aromatic rings. The molecule has 0 amide bonds. The Kier molecular flexibility index (Phi) is 6.48. The van der Waals surface area contributed by atoms with Crippen molar-refractivity contribution in [3.63, 3.8) is 0 Å². The SMILES string of the molecule is CCOCC(C)(C)N(O)C(C)(C)COCC. The van der Waals surface area contributed by atoms with Crippen LogP contribution in [0.3, 0.4) is 0 Å². The minimum Gasteiger partial charge on any atom is -0.380 e. The van der Waals surface area contributed by atoms with Crippen LogP contribution >= 0.6 is 0 Å². The summed E-state index contributed by atoms with van der Waals surface area (Å²) in [6, 6.07) is 0. The van der Waals surface area contributed by atoms with E-state index in [1.807, 2.05) is 41.5 Å². The van der Waals surface area contributed by atoms with E-state index in [0.717, 1.165) is 0 Å². The molecule has 0 fully saturated rings. The third-order valence-electron chi connectivity index (χ3n) is 2.47. The lowest BCUT2D eigenvalue weighted by molar-refractivity contribution is -0.246. The van der Waals surface area contributed by atoms with Crippen molar-refractivity contribution in [2.45, 2.75) is 52.6 Å². The molecule has 4 nitrogen and oxygen atoms in total. The zero-order valence-electron chi connectivity index (χ0n) is 11.5. The molecular formula is C12H27NO3. The van der Waals surface area contributed by atoms with E-state index in [9.17, 15) is 5.21 Å². The number of ether oxygens (including phenoxy) is 2. The zero-order valence-corrected chi connectivity index (χ0v) is 11.5. The van der Waals surface area contributed by atoms with E-state index >= 15 is 0 Å². The minimum atomic E-state index is -0.420. The third-order valence-corrected chi connectivity index (χ3v) is 2.47. The predicted octanol–water partition coefficient (Wildman–Crippen LogP) is 2.31. The number of rotatable bonds is 8. The van der Waals surface area contributed by atoms with Gasteiger partial charge in [-0.05, 0) is 41.5 Å². The molecule has 0 atom stereocenters. The van der Waals surface area contributed by atoms with Crippen molar-refractivity contribution >= 4 is 0 Å². The Balaban J connectivity index is 4.42. The molecule has 0 saturated carbocycles. The maximum absolute atomic E-state index is 10.2. The first-order valence-corrected chi connectivity index (χ1v) is 5.92. The molecule has 98 valence electrons. The summed E-state index contributed by atoms with van der Waals surface area (Å²) in [5.74, 6) is 0. The standard InChI is InChI=1S/C12H27NO3/c1-7-15-9-11(3,4)13(14)12(5,6)10-16-8-2/h14H,7-10H2,1-6H3. The highest BCUT2D eigenvalue weighted by Crippen LogP contribution is 2.23. The van der Waals surface area contributed by atoms with E-state index in [2.05, 4.69) is 0 Å². The quantitative estimate of drug-likeness (QED) is 0.653. The maximum Gasteiger partial charge on any atom is 0.0668 e. The number of hydrogen-bond acceptors (Lipinski definition) is 4. The van der Waals surface area contributed by atoms with Crippen LogP contribution in [0.2, 0.25) is 0 Å². The van der Waals surface area contributed by atoms with Crippen LogP contribution in [0.4, 0.5) is 0 Å². The Morgan fingerprint density at radius 2 is 1.19 bits per heavy atom. The van der Waals surface area contributed by atoms with Gasteiger partial charge in [-0.25, -0.2) is 0 Å². The molecule has 0 aliphatic heterocycles. The van der Waals surface area contributed by atoms with Gasteiger partial charge in [0.25, 0.3) is 0 Å². The van der Waals surface area contributed by atoms with Crippen molar-refractivity contribution in [2.24, 2.45) is 0 Å². The molecule has 0 saturated heterocycles. The summed E-state index contributed by atoms with van der Waals surface area (Å²) in [6.45, 7) is 14.0. The monoisotopic (exact) mass is 233 g/mol. The molecule has 0 aromatic carbocycles. The summed E-state index contributed by atoms with van der Waals surface area (Å²) in [5.41, 5.74) is -0.840. The summed E-state index contributed by atoms with van der Waals surface area (Å²) in [4.78, 5) is 0. The van der Waals surface area contributed by atoms with Gasteiger partial charge >= 0.3 is 0 Å². The summed E-state index contributed by atoms with van der Waals surface area (Å²) in [5, 5.41) is 11.6. The highest BCUT2D eigenvalue weighted by molar-refractivity contribution is 4.87. The lowest BCUT2D eigenvalue weighted by atomic mass is 9.97. The first kappa shape index (κ1) is 15.8. The van der Waals surface area contributed by atoms with Crippen LogP contribution in [0.15, 0.2) is 0 Å². The van der Waals surface area contributed by atoms with Crippen molar-refractivity contribution in [3.8, 4) is 0 Å². The van der Waals surface area contributed by atoms with Gasteiger partial charge < -0.3 is 14.7 Å². The van der Waals surface area contributed by atoms with E-state index in [4.69, 9.17) is 9.47 Å². The van der Waals surface area contributed by atoms with Crippen LogP contribution in [-0.4, -0.2) is 47.8 Å². The molecule has 4 heteroatoms. The Bertz CT molecular complexity index is 173. The van der Waals surface area contributed by atoms with Gasteiger partial charge in [0.2, 0.25) is 0 Å². The first-order valence-electron chi connectivity index (χ1n) is 5.92. The molecule has 0 aromatic heterocycles. The Hall–Kier alpha value is -0.160. The first-order chi connectivity index (χ1) is 7.28. The van der Waals surface area contributed by atoms with Crippen LogP contribution < -0.4 is 0 Å². The molecule has 0 radical (unpaired) electrons. The van der Waals surface area contributed by atoms with Crippen LogP contribution in [0.25, 0.3) is 0 Å². The molecule has 0 bridgehead atoms. The van der Waals surface area contributed by atoms with Gasteiger partial charge in [-0.2, -0.15) is 5.06 Å². The summed E-state index contributed by atoms with van der Waals surface area (Å²) < 4.78 is 10.8. The Labute approximate surface area is 99.5 Å². The third kappa shape index (κ3) is 4.78. The van der Waals surface area contributed by atoms with E-state index in [0.29, 0.717) is 26.4 Å². The average Bonchev–Trinajstić information content (AvgIpc) is 2.22. The highest BCUT2D eigenvalue weighted by atomic mass is 16.5. The van der Waals surface area contributed by atoms with Gasteiger partial charge in [0.15, 0.2) is 0 Å². The van der Waals surface area contributed by atoms with E-state index in [1.54, 1.807) is 0 Å². The highest BCUT2D eigenvalue weighted by Gasteiger charge is 2.37. The van der Waals surface area contributed by atoms with Crippen LogP contribution in [0.1, 0.15) is 41.5 Å². The van der Waals surface area contributed by atoms with Gasteiger partial charge in [-0.1, -0.05) is 0 Å². The van der Waals surface area contributed by atoms with Crippen molar-refractivity contribution in [2.75, 3.05) is 26.4 Å². The van der Waals surface area contributed by atoms with Gasteiger partial charge in [0.1, 0.15) is 0 Å². The molecule has 0 rings (SSSR count). The van der Waals surface area contributed by atoms with Crippen LogP contribution in [0.5, 0.6) is 0 Å². The molecule has 0 spiro atoms. The number of hydroxylamine groups is 2. The predicted molar refractivity (Wildman–Crippen MR) is 64.8 cm³/mol. The molecule has 0 aliphatic carbocycles. The smallest absolute Gasteiger partial charge is 0.0668 e. The summed E-state index contributed by atoms with van der Waals surface area (Å²) in [7, 11) is 0. The minimum absolute atomic E-state index is 0.420. The van der Waals surface area contributed by atoms with E-state index in [1.165, 1.54) is 5.06 Å². The van der Waals surface area contributed by atoms with Crippen molar-refractivity contribution in [1.82, 2.24) is 5.06 Å². The van der Waals surface area contributed by atoms with Crippen molar-refractivity contribution in [1.29, 1.82) is 0 Å². The van der Waals surface area contributed by atoms with Gasteiger partial charge in [0, 0.05) is 13.2 Å². The van der Waals surface area contributed by atoms with Crippen molar-refractivity contribution < 1.29 is 14.7 Å². The molecule has 0 unspecified atom stereocenters. The topological polar surface area (TPSA) is 41.9 Å². The number of nitrogens with zero attached hydrogens (tertiary/aromatic N) is 1. The second kappa shape index (κ2) is 6.55.